The third kappa shape index (κ3) is 0.769. The molecule has 0 bridgehead atoms. The topological polar surface area (TPSA) is 89.5 Å². The van der Waals surface area contributed by atoms with Gasteiger partial charge >= 0.3 is 0 Å². The minimum Gasteiger partial charge on any atom is -0.344 e. The van der Waals surface area contributed by atoms with Crippen LogP contribution < -0.4 is 6.15 Å². The summed E-state index contributed by atoms with van der Waals surface area (Å²) in [5.41, 5.74) is 0. The Hall–Kier alpha value is -0.970. The van der Waals surface area contributed by atoms with E-state index < -0.39 is 0 Å². The maximum absolute atomic E-state index is 3.38. The number of nitrogens with zero attached hydrogens (tertiary/aromatic N) is 3. The fraction of sp³-hybridized carbons (Fsp3) is 0. The number of H-pyrrole nitrogens is 1. The van der Waals surface area contributed by atoms with E-state index in [1.54, 1.807) is 0 Å². The predicted octanol–water partition coefficient (Wildman–Crippen LogP) is -0.638. The number of tetrazole rings is 1. The van der Waals surface area contributed by atoms with E-state index in [1.807, 2.05) is 0 Å². The summed E-state index contributed by atoms with van der Waals surface area (Å²) in [5.74, 6) is 0. The molecule has 0 saturated carbocycles. The normalized spacial score (nSPS) is 6.67. The van der Waals surface area contributed by atoms with Crippen LogP contribution in [0.25, 0.3) is 0 Å². The van der Waals surface area contributed by atoms with Gasteiger partial charge in [0.25, 0.3) is 0 Å². The van der Waals surface area contributed by atoms with E-state index in [9.17, 15) is 0 Å². The fourth-order valence-corrected chi connectivity index (χ4v) is 0.129. The van der Waals surface area contributed by atoms with Crippen LogP contribution in [0.1, 0.15) is 0 Å². The van der Waals surface area contributed by atoms with Gasteiger partial charge in [-0.25, -0.2) is 0 Å². The molecule has 0 aliphatic rings. The highest BCUT2D eigenvalue weighted by Gasteiger charge is 1.58. The standard InChI is InChI=1S/CH2N4.H3N/c1-2-4-5-3-1;/h1H,(H,2,3,4,5);1H3. The summed E-state index contributed by atoms with van der Waals surface area (Å²) in [6.45, 7) is 0. The van der Waals surface area contributed by atoms with Crippen LogP contribution in [0.4, 0.5) is 0 Å². The van der Waals surface area contributed by atoms with Gasteiger partial charge in [-0.05, 0) is 0 Å². The first-order chi connectivity index (χ1) is 2.50. The molecular weight excluding hydrogens is 82.0 g/mol. The van der Waals surface area contributed by atoms with Crippen molar-refractivity contribution < 1.29 is 0 Å². The van der Waals surface area contributed by atoms with Crippen molar-refractivity contribution in [2.45, 2.75) is 0 Å². The quantitative estimate of drug-likeness (QED) is 0.440. The number of aromatic amines is 1. The Morgan fingerprint density at radius 1 is 1.50 bits per heavy atom. The molecule has 1 heterocycles. The number of nitrogens with one attached hydrogen (secondary N) is 1. The molecule has 1 aromatic heterocycles. The zero-order chi connectivity index (χ0) is 3.54. The van der Waals surface area contributed by atoms with E-state index in [1.165, 1.54) is 6.33 Å². The third-order valence-corrected chi connectivity index (χ3v) is 0.270. The Balaban J connectivity index is 0.000000250. The number of hydrogen-bond donors (Lipinski definition) is 2. The van der Waals surface area contributed by atoms with Crippen molar-refractivity contribution in [1.29, 1.82) is 0 Å². The molecule has 0 amide bonds. The lowest BCUT2D eigenvalue weighted by Gasteiger charge is -1.44. The molecule has 0 fully saturated rings. The molecule has 0 aliphatic carbocycles. The van der Waals surface area contributed by atoms with Crippen LogP contribution in [0.15, 0.2) is 6.33 Å². The molecule has 1 aromatic rings. The first-order valence-electron chi connectivity index (χ1n) is 1.16. The van der Waals surface area contributed by atoms with Crippen LogP contribution in [0.5, 0.6) is 0 Å². The average molecular weight is 87.1 g/mol. The van der Waals surface area contributed by atoms with Gasteiger partial charge in [-0.1, -0.05) is 5.21 Å². The summed E-state index contributed by atoms with van der Waals surface area (Å²) in [4.78, 5) is 0. The highest BCUT2D eigenvalue weighted by molar-refractivity contribution is 4.24. The summed E-state index contributed by atoms with van der Waals surface area (Å²) < 4.78 is 0. The van der Waals surface area contributed by atoms with Gasteiger partial charge in [0.1, 0.15) is 0 Å². The minimum atomic E-state index is 0. The maximum atomic E-state index is 3.38. The molecule has 1 rings (SSSR count). The van der Waals surface area contributed by atoms with Crippen LogP contribution in [0, 0.1) is 0 Å². The average Bonchev–Trinajstić information content (AvgIpc) is 1.76. The minimum absolute atomic E-state index is 0. The first-order valence-corrected chi connectivity index (χ1v) is 1.16. The maximum Gasteiger partial charge on any atom is 0.161 e. The number of hydrogen-bond acceptors (Lipinski definition) is 4. The molecule has 0 saturated heterocycles. The number of rotatable bonds is 0. The van der Waals surface area contributed by atoms with Crippen molar-refractivity contribution in [3.63, 3.8) is 0 Å². The Morgan fingerprint density at radius 2 is 2.33 bits per heavy atom. The largest absolute Gasteiger partial charge is 0.344 e. The molecule has 0 aliphatic heterocycles. The van der Waals surface area contributed by atoms with Crippen molar-refractivity contribution in [2.24, 2.45) is 0 Å². The number of aromatic nitrogens is 4. The van der Waals surface area contributed by atoms with Gasteiger partial charge in [0.15, 0.2) is 6.33 Å². The molecule has 0 radical (unpaired) electrons. The van der Waals surface area contributed by atoms with E-state index in [0.29, 0.717) is 0 Å². The highest BCUT2D eigenvalue weighted by Crippen LogP contribution is 1.43. The molecule has 0 spiro atoms. The Labute approximate surface area is 34.3 Å². The van der Waals surface area contributed by atoms with Gasteiger partial charge in [-0.3, -0.25) is 0 Å². The highest BCUT2D eigenvalue weighted by atomic mass is 15.5. The lowest BCUT2D eigenvalue weighted by Crippen LogP contribution is -1.64. The Bertz CT molecular complexity index is 60.4. The van der Waals surface area contributed by atoms with Crippen molar-refractivity contribution in [3.8, 4) is 0 Å². The van der Waals surface area contributed by atoms with Gasteiger partial charge in [-0.15, -0.1) is 10.2 Å². The molecule has 34 valence electrons. The molecule has 0 unspecified atom stereocenters. The van der Waals surface area contributed by atoms with E-state index in [2.05, 4.69) is 20.6 Å². The predicted molar refractivity (Wildman–Crippen MR) is 19.2 cm³/mol. The zero-order valence-electron chi connectivity index (χ0n) is 3.13. The van der Waals surface area contributed by atoms with Crippen LogP contribution in [-0.2, 0) is 0 Å². The first kappa shape index (κ1) is 5.03. The smallest absolute Gasteiger partial charge is 0.161 e. The second kappa shape index (κ2) is 2.28. The van der Waals surface area contributed by atoms with E-state index >= 15 is 0 Å². The zero-order valence-corrected chi connectivity index (χ0v) is 3.13. The van der Waals surface area contributed by atoms with E-state index in [-0.39, 0.29) is 6.15 Å². The molecule has 5 nitrogen and oxygen atoms in total. The molecule has 0 aromatic carbocycles. The van der Waals surface area contributed by atoms with Crippen molar-refractivity contribution in [2.75, 3.05) is 0 Å². The SMILES string of the molecule is N.c1nn[nH]n1. The van der Waals surface area contributed by atoms with Crippen molar-refractivity contribution in [3.05, 3.63) is 6.33 Å². The van der Waals surface area contributed by atoms with Gasteiger partial charge in [0.2, 0.25) is 0 Å². The summed E-state index contributed by atoms with van der Waals surface area (Å²) in [5, 5.41) is 12.2. The molecular formula is CH5N5. The lowest BCUT2D eigenvalue weighted by atomic mass is 11.4. The van der Waals surface area contributed by atoms with Crippen molar-refractivity contribution in [1.82, 2.24) is 26.8 Å². The van der Waals surface area contributed by atoms with Crippen LogP contribution in [-0.4, -0.2) is 20.6 Å². The van der Waals surface area contributed by atoms with Gasteiger partial charge < -0.3 is 6.15 Å². The van der Waals surface area contributed by atoms with Crippen LogP contribution in [0.3, 0.4) is 0 Å². The fourth-order valence-electron chi connectivity index (χ4n) is 0.129. The van der Waals surface area contributed by atoms with Crippen LogP contribution >= 0.6 is 0 Å². The van der Waals surface area contributed by atoms with Gasteiger partial charge in [0, 0.05) is 0 Å². The lowest BCUT2D eigenvalue weighted by molar-refractivity contribution is 0.881. The van der Waals surface area contributed by atoms with E-state index in [4.69, 9.17) is 0 Å². The monoisotopic (exact) mass is 87.1 g/mol. The Morgan fingerprint density at radius 3 is 2.50 bits per heavy atom. The third-order valence-electron chi connectivity index (χ3n) is 0.270. The van der Waals surface area contributed by atoms with Crippen molar-refractivity contribution >= 4 is 0 Å². The summed E-state index contributed by atoms with van der Waals surface area (Å²) in [6.07, 6.45) is 1.33. The summed E-state index contributed by atoms with van der Waals surface area (Å²) in [7, 11) is 0. The second-order valence-electron chi connectivity index (χ2n) is 0.560. The molecule has 4 N–H and O–H groups in total. The Kier molecular flexibility index (Phi) is 1.91. The molecule has 0 atom stereocenters. The van der Waals surface area contributed by atoms with Crippen LogP contribution in [0.2, 0.25) is 0 Å². The molecule has 6 heavy (non-hydrogen) atoms. The molecule has 5 heteroatoms. The summed E-state index contributed by atoms with van der Waals surface area (Å²) >= 11 is 0. The summed E-state index contributed by atoms with van der Waals surface area (Å²) in [6, 6.07) is 0. The van der Waals surface area contributed by atoms with Gasteiger partial charge in [0.05, 0.1) is 0 Å². The van der Waals surface area contributed by atoms with E-state index in [0.717, 1.165) is 0 Å². The van der Waals surface area contributed by atoms with Gasteiger partial charge in [-0.2, -0.15) is 5.21 Å². The second-order valence-corrected chi connectivity index (χ2v) is 0.560.